The van der Waals surface area contributed by atoms with Crippen LogP contribution in [0.1, 0.15) is 0 Å². The average molecular weight is 472 g/mol. The first kappa shape index (κ1) is 23.8. The molecule has 0 saturated heterocycles. The molecule has 0 fully saturated rings. The zero-order chi connectivity index (χ0) is 23.4. The van der Waals surface area contributed by atoms with Crippen LogP contribution in [0.2, 0.25) is 0 Å². The van der Waals surface area contributed by atoms with E-state index in [1.807, 2.05) is 0 Å². The van der Waals surface area contributed by atoms with Gasteiger partial charge in [0.25, 0.3) is 0 Å². The van der Waals surface area contributed by atoms with Crippen LogP contribution < -0.4 is 15.9 Å². The quantitative estimate of drug-likeness (QED) is 0.294. The van der Waals surface area contributed by atoms with Gasteiger partial charge in [-0.3, -0.25) is 0 Å². The molecular weight excluding hydrogens is 453 g/mol. The number of carbonyl (C=O) groups is 1. The summed E-state index contributed by atoms with van der Waals surface area (Å²) in [5.41, 5.74) is 0. The predicted molar refractivity (Wildman–Crippen MR) is 113 cm³/mol. The van der Waals surface area contributed by atoms with Crippen molar-refractivity contribution in [3.63, 3.8) is 0 Å². The molecule has 0 saturated carbocycles. The van der Waals surface area contributed by atoms with E-state index in [0.717, 1.165) is 0 Å². The summed E-state index contributed by atoms with van der Waals surface area (Å²) in [4.78, 5) is 11.4. The predicted octanol–water partition coefficient (Wildman–Crippen LogP) is 4.75. The fourth-order valence-electron chi connectivity index (χ4n) is 3.72. The van der Waals surface area contributed by atoms with Gasteiger partial charge in [-0.25, -0.2) is 0 Å². The second-order valence-electron chi connectivity index (χ2n) is 7.14. The summed E-state index contributed by atoms with van der Waals surface area (Å²) >= 11 is 0. The van der Waals surface area contributed by atoms with Crippen molar-refractivity contribution in [3.05, 3.63) is 91.0 Å². The second-order valence-corrected chi connectivity index (χ2v) is 11.1. The van der Waals surface area contributed by atoms with Crippen LogP contribution in [0.3, 0.4) is 0 Å². The Kier molecular flexibility index (Phi) is 6.94. The minimum absolute atomic E-state index is 0.551. The van der Waals surface area contributed by atoms with Crippen molar-refractivity contribution in [3.8, 4) is 0 Å². The Balaban J connectivity index is 2.25. The monoisotopic (exact) mass is 472 g/mol. The van der Waals surface area contributed by atoms with Gasteiger partial charge >= 0.3 is 181 Å². The maximum atomic E-state index is 13.9. The summed E-state index contributed by atoms with van der Waals surface area (Å²) in [5.74, 6) is -2.86. The summed E-state index contributed by atoms with van der Waals surface area (Å²) in [6.45, 7) is 0. The van der Waals surface area contributed by atoms with Gasteiger partial charge in [-0.05, 0) is 0 Å². The molecule has 3 aromatic carbocycles. The fraction of sp³-hybridized carbons (Fsp3) is 0.174. The van der Waals surface area contributed by atoms with Crippen LogP contribution in [-0.2, 0) is 9.53 Å². The van der Waals surface area contributed by atoms with E-state index in [2.05, 4.69) is 4.74 Å². The topological polar surface area (TPSA) is 26.3 Å². The molecule has 0 bridgehead atoms. The molecule has 3 rings (SSSR count). The first-order valence-electron chi connectivity index (χ1n) is 9.56. The number of alkyl halides is 6. The Bertz CT molecular complexity index is 924. The molecule has 32 heavy (non-hydrogen) atoms. The van der Waals surface area contributed by atoms with Gasteiger partial charge in [-0.2, -0.15) is 0 Å². The Morgan fingerprint density at radius 1 is 0.688 bits per heavy atom. The van der Waals surface area contributed by atoms with E-state index in [9.17, 15) is 31.1 Å². The SMILES string of the molecule is O=C(OC(C[PH](c1ccccc1)(c1ccccc1)c1ccccc1)C(F)(F)F)C(F)(F)F. The number of benzene rings is 3. The second kappa shape index (κ2) is 9.33. The third kappa shape index (κ3) is 5.13. The molecule has 9 heteroatoms. The molecule has 0 aliphatic heterocycles. The zero-order valence-electron chi connectivity index (χ0n) is 16.5. The van der Waals surface area contributed by atoms with Crippen LogP contribution in [0.25, 0.3) is 0 Å². The number of hydrogen-bond donors (Lipinski definition) is 0. The van der Waals surface area contributed by atoms with Crippen molar-refractivity contribution < 1.29 is 35.9 Å². The standard InChI is InChI=1S/C23H19F6O2P/c24-22(25,26)20(31-21(30)23(27,28)29)16-32(17-10-4-1-5-11-17,18-12-6-2-7-13-18)19-14-8-3-9-15-19/h1-15,20,32H,16H2. The maximum absolute atomic E-state index is 13.9. The third-order valence-electron chi connectivity index (χ3n) is 5.14. The van der Waals surface area contributed by atoms with Gasteiger partial charge in [0.05, 0.1) is 0 Å². The molecule has 3 aromatic rings. The number of halogens is 6. The molecule has 1 atom stereocenters. The van der Waals surface area contributed by atoms with E-state index in [4.69, 9.17) is 0 Å². The van der Waals surface area contributed by atoms with Crippen molar-refractivity contribution >= 4 is 29.1 Å². The summed E-state index contributed by atoms with van der Waals surface area (Å²) in [5, 5.41) is 1.65. The fourth-order valence-corrected chi connectivity index (χ4v) is 8.58. The van der Waals surface area contributed by atoms with E-state index < -0.39 is 37.9 Å². The van der Waals surface area contributed by atoms with E-state index in [0.29, 0.717) is 15.9 Å². The van der Waals surface area contributed by atoms with E-state index in [-0.39, 0.29) is 0 Å². The number of rotatable bonds is 6. The van der Waals surface area contributed by atoms with Gasteiger partial charge in [0.15, 0.2) is 0 Å². The van der Waals surface area contributed by atoms with Crippen molar-refractivity contribution in [1.29, 1.82) is 0 Å². The Hall–Kier alpha value is -2.86. The first-order valence-corrected chi connectivity index (χ1v) is 11.8. The molecule has 0 spiro atoms. The molecule has 0 amide bonds. The van der Waals surface area contributed by atoms with Crippen LogP contribution in [-0.4, -0.2) is 30.6 Å². The molecule has 2 nitrogen and oxygen atoms in total. The molecule has 1 unspecified atom stereocenters. The van der Waals surface area contributed by atoms with Gasteiger partial charge < -0.3 is 0 Å². The van der Waals surface area contributed by atoms with Crippen molar-refractivity contribution in [1.82, 2.24) is 0 Å². The van der Waals surface area contributed by atoms with Crippen LogP contribution in [0.5, 0.6) is 0 Å². The Morgan fingerprint density at radius 3 is 1.31 bits per heavy atom. The first-order chi connectivity index (χ1) is 15.0. The molecule has 0 heterocycles. The summed E-state index contributed by atoms with van der Waals surface area (Å²) < 4.78 is 84.1. The van der Waals surface area contributed by atoms with Gasteiger partial charge in [-0.15, -0.1) is 0 Å². The molecular formula is C23H19F6O2P. The third-order valence-corrected chi connectivity index (χ3v) is 10.1. The number of carbonyl (C=O) groups excluding carboxylic acids is 1. The van der Waals surface area contributed by atoms with Crippen LogP contribution in [0.15, 0.2) is 91.0 Å². The number of ether oxygens (including phenoxy) is 1. The van der Waals surface area contributed by atoms with Gasteiger partial charge in [0.2, 0.25) is 0 Å². The van der Waals surface area contributed by atoms with Crippen LogP contribution >= 0.6 is 7.26 Å². The van der Waals surface area contributed by atoms with E-state index in [1.54, 1.807) is 91.0 Å². The Labute approximate surface area is 181 Å². The normalized spacial score (nSPS) is 13.9. The number of esters is 1. The molecule has 0 aliphatic rings. The van der Waals surface area contributed by atoms with Gasteiger partial charge in [-0.1, -0.05) is 0 Å². The Morgan fingerprint density at radius 2 is 1.03 bits per heavy atom. The number of hydrogen-bond acceptors (Lipinski definition) is 2. The molecule has 0 N–H and O–H groups in total. The van der Waals surface area contributed by atoms with E-state index >= 15 is 0 Å². The average Bonchev–Trinajstić information content (AvgIpc) is 2.77. The molecule has 170 valence electrons. The summed E-state index contributed by atoms with van der Waals surface area (Å²) in [6, 6.07) is 25.0. The van der Waals surface area contributed by atoms with Crippen molar-refractivity contribution in [2.75, 3.05) is 6.16 Å². The van der Waals surface area contributed by atoms with Gasteiger partial charge in [0, 0.05) is 0 Å². The van der Waals surface area contributed by atoms with Gasteiger partial charge in [0.1, 0.15) is 0 Å². The molecule has 0 aromatic heterocycles. The van der Waals surface area contributed by atoms with E-state index in [1.165, 1.54) is 0 Å². The summed E-state index contributed by atoms with van der Waals surface area (Å²) in [6.07, 6.45) is -14.5. The molecule has 0 aliphatic carbocycles. The van der Waals surface area contributed by atoms with Crippen molar-refractivity contribution in [2.24, 2.45) is 0 Å². The van der Waals surface area contributed by atoms with Crippen LogP contribution in [0.4, 0.5) is 26.3 Å². The summed E-state index contributed by atoms with van der Waals surface area (Å²) in [7, 11) is -3.59. The van der Waals surface area contributed by atoms with Crippen LogP contribution in [0, 0.1) is 0 Å². The van der Waals surface area contributed by atoms with Crippen molar-refractivity contribution in [2.45, 2.75) is 18.5 Å². The molecule has 0 radical (unpaired) electrons. The zero-order valence-corrected chi connectivity index (χ0v) is 17.5. The minimum atomic E-state index is -5.54.